The van der Waals surface area contributed by atoms with Gasteiger partial charge in [-0.2, -0.15) is 0 Å². The van der Waals surface area contributed by atoms with Gasteiger partial charge in [0.2, 0.25) is 5.91 Å². The van der Waals surface area contributed by atoms with Crippen LogP contribution < -0.4 is 11.5 Å². The van der Waals surface area contributed by atoms with Crippen LogP contribution in [0.25, 0.3) is 0 Å². The van der Waals surface area contributed by atoms with E-state index in [1.165, 1.54) is 19.3 Å². The summed E-state index contributed by atoms with van der Waals surface area (Å²) >= 11 is 0. The third kappa shape index (κ3) is 2.71. The van der Waals surface area contributed by atoms with Crippen molar-refractivity contribution in [1.82, 2.24) is 4.90 Å². The number of nitrogens with two attached hydrogens (primary N) is 2. The predicted octanol–water partition coefficient (Wildman–Crippen LogP) is 0.812. The maximum Gasteiger partial charge on any atom is 0.243 e. The number of carbonyl (C=O) groups is 1. The highest BCUT2D eigenvalue weighted by molar-refractivity contribution is 5.86. The highest BCUT2D eigenvalue weighted by Gasteiger charge is 2.36. The van der Waals surface area contributed by atoms with Crippen molar-refractivity contribution in [1.29, 1.82) is 0 Å². The standard InChI is InChI=1S/C14H21N3O/c15-13(18)14(16,12-7-3-1-4-8-12)11-17-9-5-2-6-10-17/h1,3-4,7-8H,2,5-6,9-11,16H2,(H2,15,18). The molecule has 1 unspecified atom stereocenters. The van der Waals surface area contributed by atoms with E-state index in [1.807, 2.05) is 30.3 Å². The lowest BCUT2D eigenvalue weighted by Gasteiger charge is -2.35. The number of rotatable bonds is 4. The van der Waals surface area contributed by atoms with Crippen molar-refractivity contribution in [2.24, 2.45) is 11.5 Å². The van der Waals surface area contributed by atoms with E-state index in [1.54, 1.807) is 0 Å². The van der Waals surface area contributed by atoms with E-state index in [4.69, 9.17) is 11.5 Å². The summed E-state index contributed by atoms with van der Waals surface area (Å²) < 4.78 is 0. The van der Waals surface area contributed by atoms with Crippen molar-refractivity contribution in [3.63, 3.8) is 0 Å². The van der Waals surface area contributed by atoms with Gasteiger partial charge >= 0.3 is 0 Å². The fourth-order valence-electron chi connectivity index (χ4n) is 2.52. The number of hydrogen-bond donors (Lipinski definition) is 2. The topological polar surface area (TPSA) is 72.3 Å². The maximum atomic E-state index is 11.8. The van der Waals surface area contributed by atoms with Crippen molar-refractivity contribution in [2.45, 2.75) is 24.8 Å². The number of piperidine rings is 1. The van der Waals surface area contributed by atoms with Gasteiger partial charge < -0.3 is 16.4 Å². The lowest BCUT2D eigenvalue weighted by Crippen LogP contribution is -2.57. The summed E-state index contributed by atoms with van der Waals surface area (Å²) in [6.45, 7) is 2.50. The molecule has 1 aliphatic rings. The number of amides is 1. The Morgan fingerprint density at radius 1 is 1.17 bits per heavy atom. The summed E-state index contributed by atoms with van der Waals surface area (Å²) in [6, 6.07) is 9.42. The van der Waals surface area contributed by atoms with E-state index in [-0.39, 0.29) is 0 Å². The molecule has 98 valence electrons. The van der Waals surface area contributed by atoms with E-state index in [0.29, 0.717) is 6.54 Å². The first-order valence-electron chi connectivity index (χ1n) is 6.49. The van der Waals surface area contributed by atoms with Gasteiger partial charge in [0, 0.05) is 6.54 Å². The quantitative estimate of drug-likeness (QED) is 0.827. The average Bonchev–Trinajstić information content (AvgIpc) is 2.40. The van der Waals surface area contributed by atoms with E-state index in [9.17, 15) is 4.79 Å². The second-order valence-corrected chi connectivity index (χ2v) is 5.04. The Kier molecular flexibility index (Phi) is 3.99. The molecule has 4 N–H and O–H groups in total. The monoisotopic (exact) mass is 247 g/mol. The summed E-state index contributed by atoms with van der Waals surface area (Å²) in [5, 5.41) is 0. The minimum atomic E-state index is -1.08. The van der Waals surface area contributed by atoms with Crippen LogP contribution in [0.15, 0.2) is 30.3 Å². The molecule has 0 spiro atoms. The summed E-state index contributed by atoms with van der Waals surface area (Å²) in [4.78, 5) is 14.0. The largest absolute Gasteiger partial charge is 0.368 e. The first-order valence-corrected chi connectivity index (χ1v) is 6.49. The SMILES string of the molecule is NC(=O)C(N)(CN1CCCCC1)c1ccccc1. The van der Waals surface area contributed by atoms with Gasteiger partial charge in [0.1, 0.15) is 5.54 Å². The van der Waals surface area contributed by atoms with Crippen LogP contribution in [0.3, 0.4) is 0 Å². The first kappa shape index (κ1) is 13.1. The van der Waals surface area contributed by atoms with E-state index >= 15 is 0 Å². The number of carbonyl (C=O) groups excluding carboxylic acids is 1. The van der Waals surface area contributed by atoms with Crippen LogP contribution in [-0.4, -0.2) is 30.4 Å². The van der Waals surface area contributed by atoms with Crippen molar-refractivity contribution in [3.8, 4) is 0 Å². The van der Waals surface area contributed by atoms with Gasteiger partial charge in [-0.3, -0.25) is 4.79 Å². The molecule has 1 heterocycles. The molecule has 1 aliphatic heterocycles. The van der Waals surface area contributed by atoms with Gasteiger partial charge in [-0.05, 0) is 31.5 Å². The Labute approximate surface area is 108 Å². The lowest BCUT2D eigenvalue weighted by molar-refractivity contribution is -0.124. The lowest BCUT2D eigenvalue weighted by atomic mass is 9.89. The highest BCUT2D eigenvalue weighted by atomic mass is 16.1. The Bertz CT molecular complexity index is 401. The molecule has 1 amide bonds. The van der Waals surface area contributed by atoms with Crippen LogP contribution in [0.5, 0.6) is 0 Å². The molecule has 1 aromatic carbocycles. The molecule has 0 saturated carbocycles. The van der Waals surface area contributed by atoms with Gasteiger partial charge in [-0.25, -0.2) is 0 Å². The van der Waals surface area contributed by atoms with Crippen LogP contribution in [-0.2, 0) is 10.3 Å². The van der Waals surface area contributed by atoms with Crippen LogP contribution in [0.1, 0.15) is 24.8 Å². The number of benzene rings is 1. The fourth-order valence-corrected chi connectivity index (χ4v) is 2.52. The molecule has 1 aromatic rings. The number of hydrogen-bond acceptors (Lipinski definition) is 3. The van der Waals surface area contributed by atoms with Gasteiger partial charge in [0.05, 0.1) is 0 Å². The summed E-state index contributed by atoms with van der Waals surface area (Å²) in [7, 11) is 0. The minimum absolute atomic E-state index is 0.459. The van der Waals surface area contributed by atoms with Crippen LogP contribution in [0.4, 0.5) is 0 Å². The minimum Gasteiger partial charge on any atom is -0.368 e. The van der Waals surface area contributed by atoms with Crippen LogP contribution >= 0.6 is 0 Å². The summed E-state index contributed by atoms with van der Waals surface area (Å²) in [5.41, 5.74) is 11.5. The molecule has 0 aliphatic carbocycles. The third-order valence-corrected chi connectivity index (χ3v) is 3.65. The van der Waals surface area contributed by atoms with E-state index < -0.39 is 11.4 Å². The van der Waals surface area contributed by atoms with E-state index in [2.05, 4.69) is 4.90 Å². The van der Waals surface area contributed by atoms with Gasteiger partial charge in [-0.1, -0.05) is 36.8 Å². The smallest absolute Gasteiger partial charge is 0.243 e. The molecule has 1 atom stereocenters. The maximum absolute atomic E-state index is 11.8. The predicted molar refractivity (Wildman–Crippen MR) is 71.8 cm³/mol. The van der Waals surface area contributed by atoms with Gasteiger partial charge in [0.15, 0.2) is 0 Å². The number of likely N-dealkylation sites (tertiary alicyclic amines) is 1. The zero-order valence-electron chi connectivity index (χ0n) is 10.6. The molecule has 0 radical (unpaired) electrons. The second-order valence-electron chi connectivity index (χ2n) is 5.04. The molecule has 4 nitrogen and oxygen atoms in total. The van der Waals surface area contributed by atoms with Crippen molar-refractivity contribution >= 4 is 5.91 Å². The van der Waals surface area contributed by atoms with Crippen molar-refractivity contribution in [3.05, 3.63) is 35.9 Å². The highest BCUT2D eigenvalue weighted by Crippen LogP contribution is 2.21. The van der Waals surface area contributed by atoms with Crippen molar-refractivity contribution in [2.75, 3.05) is 19.6 Å². The molecule has 2 rings (SSSR count). The Morgan fingerprint density at radius 2 is 1.78 bits per heavy atom. The zero-order valence-corrected chi connectivity index (χ0v) is 10.6. The Hall–Kier alpha value is -1.39. The van der Waals surface area contributed by atoms with Gasteiger partial charge in [0.25, 0.3) is 0 Å². The van der Waals surface area contributed by atoms with Crippen LogP contribution in [0, 0.1) is 0 Å². The molecule has 1 saturated heterocycles. The molecular formula is C14H21N3O. The molecule has 0 bridgehead atoms. The molecule has 0 aromatic heterocycles. The number of nitrogens with zero attached hydrogens (tertiary/aromatic N) is 1. The fraction of sp³-hybridized carbons (Fsp3) is 0.500. The molecule has 18 heavy (non-hydrogen) atoms. The van der Waals surface area contributed by atoms with Gasteiger partial charge in [-0.15, -0.1) is 0 Å². The zero-order chi connectivity index (χ0) is 13.0. The molecule has 4 heteroatoms. The summed E-state index contributed by atoms with van der Waals surface area (Å²) in [5.74, 6) is -0.459. The number of primary amides is 1. The molecule has 1 fully saturated rings. The Balaban J connectivity index is 2.19. The molecular weight excluding hydrogens is 226 g/mol. The second kappa shape index (κ2) is 5.50. The third-order valence-electron chi connectivity index (χ3n) is 3.65. The van der Waals surface area contributed by atoms with Crippen LogP contribution in [0.2, 0.25) is 0 Å². The average molecular weight is 247 g/mol. The summed E-state index contributed by atoms with van der Waals surface area (Å²) in [6.07, 6.45) is 3.60. The normalized spacial score (nSPS) is 20.3. The van der Waals surface area contributed by atoms with Crippen molar-refractivity contribution < 1.29 is 4.79 Å². The van der Waals surface area contributed by atoms with E-state index in [0.717, 1.165) is 18.7 Å². The first-order chi connectivity index (χ1) is 8.63. The Morgan fingerprint density at radius 3 is 2.33 bits per heavy atom.